The third kappa shape index (κ3) is 3.09. The Labute approximate surface area is 160 Å². The van der Waals surface area contributed by atoms with Gasteiger partial charge in [-0.3, -0.25) is 0 Å². The molecule has 0 bridgehead atoms. The van der Waals surface area contributed by atoms with E-state index in [2.05, 4.69) is 25.6 Å². The van der Waals surface area contributed by atoms with Crippen LogP contribution in [0.1, 0.15) is 17.3 Å². The number of fused-ring (bicyclic) bond motifs is 1. The fourth-order valence-corrected chi connectivity index (χ4v) is 2.79. The number of carbonyl (C=O) groups excluding carboxylic acids is 1. The lowest BCUT2D eigenvalue weighted by Gasteiger charge is -2.13. The molecule has 0 aliphatic carbocycles. The molecule has 0 fully saturated rings. The molecular weight excluding hydrogens is 358 g/mol. The summed E-state index contributed by atoms with van der Waals surface area (Å²) in [6.07, 6.45) is 1.37. The lowest BCUT2D eigenvalue weighted by atomic mass is 10.2. The number of nitrogens with zero attached hydrogens (tertiary/aromatic N) is 5. The van der Waals surface area contributed by atoms with E-state index in [1.54, 1.807) is 35.9 Å². The van der Waals surface area contributed by atoms with E-state index in [0.29, 0.717) is 22.9 Å². The number of aromatic nitrogens is 5. The summed E-state index contributed by atoms with van der Waals surface area (Å²) in [5, 5.41) is 11.4. The van der Waals surface area contributed by atoms with Gasteiger partial charge in [0.25, 0.3) is 0 Å². The van der Waals surface area contributed by atoms with Gasteiger partial charge in [0.2, 0.25) is 0 Å². The first kappa shape index (κ1) is 17.4. The molecule has 9 nitrogen and oxygen atoms in total. The summed E-state index contributed by atoms with van der Waals surface area (Å²) in [4.78, 5) is 20.7. The minimum Gasteiger partial charge on any atom is -0.462 e. The van der Waals surface area contributed by atoms with Crippen molar-refractivity contribution in [3.8, 4) is 5.82 Å². The topological polar surface area (TPSA) is 121 Å². The summed E-state index contributed by atoms with van der Waals surface area (Å²) in [6.45, 7) is 2.04. The highest BCUT2D eigenvalue weighted by Crippen LogP contribution is 2.28. The van der Waals surface area contributed by atoms with Gasteiger partial charge in [0.05, 0.1) is 23.4 Å². The molecule has 0 saturated carbocycles. The third-order valence-corrected chi connectivity index (χ3v) is 4.09. The second kappa shape index (κ2) is 7.31. The maximum absolute atomic E-state index is 12.2. The fourth-order valence-electron chi connectivity index (χ4n) is 2.79. The number of nitrogens with two attached hydrogens (primary N) is 1. The summed E-state index contributed by atoms with van der Waals surface area (Å²) in [5.74, 6) is 0.307. The SMILES string of the molecule is CCOC(=O)c1ccccc1Nc1ncnc(-n2nnc3ccccc32)c1N. The molecule has 28 heavy (non-hydrogen) atoms. The van der Waals surface area contributed by atoms with Crippen LogP contribution in [-0.4, -0.2) is 37.5 Å². The van der Waals surface area contributed by atoms with E-state index >= 15 is 0 Å². The van der Waals surface area contributed by atoms with Gasteiger partial charge in [-0.15, -0.1) is 5.10 Å². The average molecular weight is 375 g/mol. The summed E-state index contributed by atoms with van der Waals surface area (Å²) >= 11 is 0. The zero-order valence-electron chi connectivity index (χ0n) is 15.0. The predicted octanol–water partition coefficient (Wildman–Crippen LogP) is 2.71. The van der Waals surface area contributed by atoms with Crippen molar-refractivity contribution in [2.24, 2.45) is 0 Å². The molecule has 2 aromatic heterocycles. The number of nitrogen functional groups attached to an aromatic ring is 1. The first-order valence-corrected chi connectivity index (χ1v) is 8.63. The van der Waals surface area contributed by atoms with Gasteiger partial charge in [-0.25, -0.2) is 14.8 Å². The Balaban J connectivity index is 1.74. The summed E-state index contributed by atoms with van der Waals surface area (Å²) < 4.78 is 6.65. The van der Waals surface area contributed by atoms with Gasteiger partial charge < -0.3 is 15.8 Å². The first-order chi connectivity index (χ1) is 13.7. The molecule has 0 atom stereocenters. The van der Waals surface area contributed by atoms with Crippen LogP contribution in [0.3, 0.4) is 0 Å². The summed E-state index contributed by atoms with van der Waals surface area (Å²) in [5.41, 5.74) is 8.99. The van der Waals surface area contributed by atoms with E-state index in [-0.39, 0.29) is 12.3 Å². The quantitative estimate of drug-likeness (QED) is 0.511. The van der Waals surface area contributed by atoms with Crippen molar-refractivity contribution in [1.82, 2.24) is 25.0 Å². The molecule has 4 aromatic rings. The average Bonchev–Trinajstić information content (AvgIpc) is 3.14. The van der Waals surface area contributed by atoms with Crippen LogP contribution in [0.5, 0.6) is 0 Å². The Morgan fingerprint density at radius 1 is 1.14 bits per heavy atom. The Bertz CT molecular complexity index is 1160. The monoisotopic (exact) mass is 375 g/mol. The van der Waals surface area contributed by atoms with Crippen LogP contribution in [-0.2, 0) is 4.74 Å². The van der Waals surface area contributed by atoms with Crippen molar-refractivity contribution in [2.75, 3.05) is 17.7 Å². The van der Waals surface area contributed by atoms with Gasteiger partial charge >= 0.3 is 5.97 Å². The molecule has 0 radical (unpaired) electrons. The van der Waals surface area contributed by atoms with Crippen LogP contribution < -0.4 is 11.1 Å². The van der Waals surface area contributed by atoms with Crippen LogP contribution in [0.25, 0.3) is 16.9 Å². The number of anilines is 3. The number of ether oxygens (including phenoxy) is 1. The summed E-state index contributed by atoms with van der Waals surface area (Å²) in [7, 11) is 0. The van der Waals surface area contributed by atoms with Gasteiger partial charge in [0.15, 0.2) is 11.6 Å². The highest BCUT2D eigenvalue weighted by Gasteiger charge is 2.17. The maximum Gasteiger partial charge on any atom is 0.340 e. The molecule has 2 heterocycles. The van der Waals surface area contributed by atoms with Gasteiger partial charge in [-0.2, -0.15) is 4.68 Å². The molecule has 2 aromatic carbocycles. The molecule has 4 rings (SSSR count). The second-order valence-electron chi connectivity index (χ2n) is 5.84. The normalized spacial score (nSPS) is 10.8. The molecule has 3 N–H and O–H groups in total. The maximum atomic E-state index is 12.2. The van der Waals surface area contributed by atoms with Crippen molar-refractivity contribution >= 4 is 34.2 Å². The third-order valence-electron chi connectivity index (χ3n) is 4.09. The molecule has 0 aliphatic rings. The van der Waals surface area contributed by atoms with Gasteiger partial charge in [0, 0.05) is 0 Å². The minimum absolute atomic E-state index is 0.275. The number of carbonyl (C=O) groups is 1. The molecule has 9 heteroatoms. The standard InChI is InChI=1S/C19H17N7O2/c1-2-28-19(27)12-7-3-4-8-13(12)23-17-16(20)18(22-11-21-17)26-15-10-6-5-9-14(15)24-25-26/h3-11H,2,20H2,1H3,(H,21,22,23). The first-order valence-electron chi connectivity index (χ1n) is 8.63. The lowest BCUT2D eigenvalue weighted by molar-refractivity contribution is 0.0527. The van der Waals surface area contributed by atoms with Crippen molar-refractivity contribution in [2.45, 2.75) is 6.92 Å². The number of hydrogen-bond acceptors (Lipinski definition) is 8. The van der Waals surface area contributed by atoms with E-state index < -0.39 is 5.97 Å². The van der Waals surface area contributed by atoms with Crippen LogP contribution in [0.15, 0.2) is 54.9 Å². The smallest absolute Gasteiger partial charge is 0.340 e. The van der Waals surface area contributed by atoms with Gasteiger partial charge in [0.1, 0.15) is 17.5 Å². The van der Waals surface area contributed by atoms with Crippen LogP contribution in [0.2, 0.25) is 0 Å². The van der Waals surface area contributed by atoms with E-state index in [1.807, 2.05) is 24.3 Å². The number of para-hydroxylation sites is 2. The number of nitrogens with one attached hydrogen (secondary N) is 1. The largest absolute Gasteiger partial charge is 0.462 e. The van der Waals surface area contributed by atoms with Crippen molar-refractivity contribution in [3.63, 3.8) is 0 Å². The van der Waals surface area contributed by atoms with Crippen molar-refractivity contribution < 1.29 is 9.53 Å². The van der Waals surface area contributed by atoms with Crippen molar-refractivity contribution in [1.29, 1.82) is 0 Å². The Hall–Kier alpha value is -4.01. The van der Waals surface area contributed by atoms with Crippen LogP contribution in [0.4, 0.5) is 17.2 Å². The van der Waals surface area contributed by atoms with Crippen LogP contribution in [0, 0.1) is 0 Å². The molecule has 0 unspecified atom stereocenters. The van der Waals surface area contributed by atoms with E-state index in [9.17, 15) is 4.79 Å². The second-order valence-corrected chi connectivity index (χ2v) is 5.84. The molecule has 140 valence electrons. The number of esters is 1. The molecule has 0 spiro atoms. The van der Waals surface area contributed by atoms with E-state index in [4.69, 9.17) is 10.5 Å². The zero-order chi connectivity index (χ0) is 19.5. The Kier molecular flexibility index (Phi) is 4.55. The fraction of sp³-hybridized carbons (Fsp3) is 0.105. The number of benzene rings is 2. The van der Waals surface area contributed by atoms with Crippen molar-refractivity contribution in [3.05, 3.63) is 60.4 Å². The van der Waals surface area contributed by atoms with Gasteiger partial charge in [-0.05, 0) is 31.2 Å². The van der Waals surface area contributed by atoms with Crippen LogP contribution >= 0.6 is 0 Å². The predicted molar refractivity (Wildman–Crippen MR) is 105 cm³/mol. The number of hydrogen-bond donors (Lipinski definition) is 2. The Morgan fingerprint density at radius 3 is 2.79 bits per heavy atom. The molecular formula is C19H17N7O2. The lowest BCUT2D eigenvalue weighted by Crippen LogP contribution is -2.11. The van der Waals surface area contributed by atoms with Gasteiger partial charge in [-0.1, -0.05) is 29.5 Å². The highest BCUT2D eigenvalue weighted by molar-refractivity contribution is 5.97. The van der Waals surface area contributed by atoms with E-state index in [0.717, 1.165) is 11.0 Å². The molecule has 0 aliphatic heterocycles. The molecule has 0 saturated heterocycles. The number of rotatable bonds is 5. The zero-order valence-corrected chi connectivity index (χ0v) is 15.0. The minimum atomic E-state index is -0.430. The Morgan fingerprint density at radius 2 is 1.93 bits per heavy atom. The molecule has 0 amide bonds. The summed E-state index contributed by atoms with van der Waals surface area (Å²) in [6, 6.07) is 14.5. The highest BCUT2D eigenvalue weighted by atomic mass is 16.5. The van der Waals surface area contributed by atoms with E-state index in [1.165, 1.54) is 6.33 Å².